The maximum atomic E-state index is 11.8. The van der Waals surface area contributed by atoms with Crippen LogP contribution in [0.2, 0.25) is 0 Å². The molecule has 22 rings (SSSR count). The zero-order chi connectivity index (χ0) is 62.3. The molecule has 21 saturated heterocycles. The number of hydrogen-bond donors (Lipinski definition) is 22. The Labute approximate surface area is 485 Å². The van der Waals surface area contributed by atoms with Gasteiger partial charge in [0.05, 0.1) is 45.2 Å². The van der Waals surface area contributed by atoms with Crippen molar-refractivity contribution in [3.05, 3.63) is 29.8 Å². The third-order valence-electron chi connectivity index (χ3n) is 16.2. The van der Waals surface area contributed by atoms with Gasteiger partial charge in [0.1, 0.15) is 171 Å². The van der Waals surface area contributed by atoms with Gasteiger partial charge in [-0.05, 0) is 24.3 Å². The van der Waals surface area contributed by atoms with Gasteiger partial charge in [-0.1, -0.05) is 0 Å². The molecule has 37 nitrogen and oxygen atoms in total. The molecule has 21 heterocycles. The van der Waals surface area contributed by atoms with Crippen LogP contribution >= 0.6 is 0 Å². The highest BCUT2D eigenvalue weighted by molar-refractivity contribution is 5.88. The summed E-state index contributed by atoms with van der Waals surface area (Å²) in [5.74, 6) is -1.26. The first-order valence-electron chi connectivity index (χ1n) is 27.4. The number of rotatable bonds is 10. The highest BCUT2D eigenvalue weighted by Gasteiger charge is 2.59. The van der Waals surface area contributed by atoms with Gasteiger partial charge in [0.25, 0.3) is 0 Å². The first kappa shape index (κ1) is 67.5. The molecule has 0 saturated carbocycles. The number of carbonyl (C=O) groups is 1. The molecule has 37 heteroatoms. The maximum absolute atomic E-state index is 11.8. The largest absolute Gasteiger partial charge is 0.478 e. The normalized spacial score (nSPS) is 50.7. The summed E-state index contributed by atoms with van der Waals surface area (Å²) in [5.41, 5.74) is 0.135. The summed E-state index contributed by atoms with van der Waals surface area (Å²) in [7, 11) is 0. The van der Waals surface area contributed by atoms with Crippen molar-refractivity contribution in [2.45, 2.75) is 215 Å². The Kier molecular flexibility index (Phi) is 22.6. The SMILES string of the molecule is O=C(O)c1ccc(NCC2OC3OC4C(CO)OC(OC5C(CO)OC(OC6C(CO)OC(OC7C(CO)OC(OC8C(CO)OC(OC9C(CO)OC(OC2C(O)C3O)C(O)C9O)C(O)C8O)C(O)C7O)C(O)C6O)C(O)C5O)C(O)C4O)cc1. The second-order valence-electron chi connectivity index (χ2n) is 21.7. The molecule has 0 radical (unpaired) electrons. The van der Waals surface area contributed by atoms with Gasteiger partial charge in [-0.15, -0.1) is 0 Å². The van der Waals surface area contributed by atoms with Crippen LogP contribution in [-0.2, 0) is 66.3 Å². The molecule has 0 aromatic heterocycles. The van der Waals surface area contributed by atoms with Gasteiger partial charge in [-0.25, -0.2) is 4.79 Å². The Balaban J connectivity index is 1.02. The van der Waals surface area contributed by atoms with Crippen molar-refractivity contribution in [3.63, 3.8) is 0 Å². The van der Waals surface area contributed by atoms with Crippen molar-refractivity contribution in [2.75, 3.05) is 51.5 Å². The molecule has 492 valence electrons. The van der Waals surface area contributed by atoms with Crippen LogP contribution in [0.15, 0.2) is 24.3 Å². The van der Waals surface area contributed by atoms with E-state index in [9.17, 15) is 112 Å². The average molecular weight is 1250 g/mol. The highest BCUT2D eigenvalue weighted by Crippen LogP contribution is 2.39. The fourth-order valence-corrected chi connectivity index (χ4v) is 11.4. The lowest BCUT2D eigenvalue weighted by molar-refractivity contribution is -0.396. The fraction of sp³-hybridized carbons (Fsp3) is 0.857. The number of aliphatic hydroxyl groups excluding tert-OH is 20. The topological polar surface area (TPSA) is 583 Å². The van der Waals surface area contributed by atoms with Crippen molar-refractivity contribution < 1.29 is 178 Å². The van der Waals surface area contributed by atoms with Crippen molar-refractivity contribution in [1.29, 1.82) is 0 Å². The summed E-state index contributed by atoms with van der Waals surface area (Å²) in [6.07, 6.45) is -70.8. The molecule has 22 N–H and O–H groups in total. The third-order valence-corrected chi connectivity index (χ3v) is 16.2. The van der Waals surface area contributed by atoms with E-state index in [2.05, 4.69) is 5.32 Å². The van der Waals surface area contributed by atoms with Gasteiger partial charge in [0.15, 0.2) is 44.0 Å². The first-order valence-corrected chi connectivity index (χ1v) is 27.4. The Hall–Kier alpha value is -2.87. The van der Waals surface area contributed by atoms with Crippen molar-refractivity contribution in [3.8, 4) is 0 Å². The molecule has 0 spiro atoms. The van der Waals surface area contributed by atoms with Gasteiger partial charge in [0.2, 0.25) is 0 Å². The van der Waals surface area contributed by atoms with Crippen LogP contribution in [0.4, 0.5) is 5.69 Å². The second-order valence-corrected chi connectivity index (χ2v) is 21.7. The molecule has 86 heavy (non-hydrogen) atoms. The summed E-state index contributed by atoms with van der Waals surface area (Å²) in [6, 6.07) is 5.16. The molecule has 1 aromatic rings. The van der Waals surface area contributed by atoms with Gasteiger partial charge in [-0.3, -0.25) is 0 Å². The van der Waals surface area contributed by atoms with Crippen LogP contribution in [0.5, 0.6) is 0 Å². The quantitative estimate of drug-likeness (QED) is 0.103. The second kappa shape index (κ2) is 28.7. The van der Waals surface area contributed by atoms with Gasteiger partial charge < -0.3 is 179 Å². The van der Waals surface area contributed by atoms with E-state index < -0.39 is 267 Å². The van der Waals surface area contributed by atoms with Gasteiger partial charge in [0, 0.05) is 12.2 Å². The standard InChI is InChI=1S/C49H75NO36/c51-6-15-36-23(59)30(66)45(75-15)83-38-17(8-53)77-47(32(68)25(38)61)85-40-19(10-55)79-49(34(70)27(40)63)86-41-20(11-56)78-48(33(69)26(41)62)84-39-18(9-54)76-46(31(67)24(39)60)82-37-16(7-52)74-44(29(65)22(37)58)80-35-14(73-43(81-36)28(64)21(35)57)5-50-13-3-1-12(2-4-13)42(71)72/h1-4,14-41,43-70H,5-11H2,(H,71,72). The van der Waals surface area contributed by atoms with Crippen LogP contribution in [0.1, 0.15) is 10.4 Å². The molecule has 1 aromatic carbocycles. The molecule has 21 aliphatic rings. The highest BCUT2D eigenvalue weighted by atomic mass is 16.8. The predicted octanol–water partition coefficient (Wildman–Crippen LogP) is -13.4. The fourth-order valence-electron chi connectivity index (χ4n) is 11.4. The van der Waals surface area contributed by atoms with Crippen molar-refractivity contribution >= 4 is 11.7 Å². The zero-order valence-corrected chi connectivity index (χ0v) is 45.0. The number of ether oxygens (including phenoxy) is 14. The predicted molar refractivity (Wildman–Crippen MR) is 263 cm³/mol. The van der Waals surface area contributed by atoms with E-state index in [1.165, 1.54) is 24.3 Å². The Morgan fingerprint density at radius 3 is 0.663 bits per heavy atom. The first-order chi connectivity index (χ1) is 41.0. The molecule has 35 unspecified atom stereocenters. The van der Waals surface area contributed by atoms with Crippen LogP contribution in [0.3, 0.4) is 0 Å². The Bertz CT molecular complexity index is 2290. The minimum atomic E-state index is -2.24. The molecular formula is C49H75NO36. The summed E-state index contributed by atoms with van der Waals surface area (Å²) in [5, 5.41) is 236. The summed E-state index contributed by atoms with van der Waals surface area (Å²) in [4.78, 5) is 11.6. The number of benzene rings is 1. The Morgan fingerprint density at radius 2 is 0.477 bits per heavy atom. The molecule has 21 aliphatic heterocycles. The van der Waals surface area contributed by atoms with Crippen LogP contribution < -0.4 is 5.32 Å². The van der Waals surface area contributed by atoms with E-state index in [1.807, 2.05) is 0 Å². The van der Waals surface area contributed by atoms with E-state index in [1.54, 1.807) is 0 Å². The lowest BCUT2D eigenvalue weighted by Crippen LogP contribution is -2.68. The molecular weight excluding hydrogens is 1180 g/mol. The number of anilines is 1. The summed E-state index contributed by atoms with van der Waals surface area (Å²) in [6.45, 7) is -6.83. The maximum Gasteiger partial charge on any atom is 0.335 e. The van der Waals surface area contributed by atoms with Crippen LogP contribution in [-0.4, -0.2) is 374 Å². The minimum Gasteiger partial charge on any atom is -0.478 e. The molecule has 21 fully saturated rings. The molecule has 0 amide bonds. The summed E-state index contributed by atoms with van der Waals surface area (Å²) >= 11 is 0. The van der Waals surface area contributed by atoms with E-state index >= 15 is 0 Å². The molecule has 35 atom stereocenters. The smallest absolute Gasteiger partial charge is 0.335 e. The van der Waals surface area contributed by atoms with Crippen molar-refractivity contribution in [1.82, 2.24) is 0 Å². The number of carboxylic acid groups (broad SMARTS) is 1. The molecule has 14 bridgehead atoms. The number of aliphatic hydroxyl groups is 20. The third kappa shape index (κ3) is 13.5. The van der Waals surface area contributed by atoms with Crippen molar-refractivity contribution in [2.24, 2.45) is 0 Å². The summed E-state index contributed by atoms with van der Waals surface area (Å²) < 4.78 is 81.0. The van der Waals surface area contributed by atoms with E-state index in [0.717, 1.165) is 0 Å². The minimum absolute atomic E-state index is 0.106. The monoisotopic (exact) mass is 1250 g/mol. The number of aromatic carboxylic acids is 1. The number of hydrogen-bond acceptors (Lipinski definition) is 36. The Morgan fingerprint density at radius 1 is 0.291 bits per heavy atom. The van der Waals surface area contributed by atoms with E-state index in [0.29, 0.717) is 0 Å². The lowest BCUT2D eigenvalue weighted by Gasteiger charge is -2.50. The van der Waals surface area contributed by atoms with Crippen LogP contribution in [0.25, 0.3) is 0 Å². The zero-order valence-electron chi connectivity index (χ0n) is 45.0. The van der Waals surface area contributed by atoms with Gasteiger partial charge in [-0.2, -0.15) is 0 Å². The number of carboxylic acids is 1. The van der Waals surface area contributed by atoms with Crippen LogP contribution in [0, 0.1) is 0 Å². The van der Waals surface area contributed by atoms with E-state index in [4.69, 9.17) is 66.3 Å². The lowest BCUT2D eigenvalue weighted by atomic mass is 9.95. The number of nitrogens with one attached hydrogen (secondary N) is 1. The molecule has 0 aliphatic carbocycles. The van der Waals surface area contributed by atoms with Gasteiger partial charge >= 0.3 is 5.97 Å². The average Bonchev–Trinajstić information content (AvgIpc) is 2.39. The van der Waals surface area contributed by atoms with E-state index in [-0.39, 0.29) is 11.3 Å².